The number of nitrogens with two attached hydrogens (primary N) is 1. The van der Waals surface area contributed by atoms with Crippen molar-refractivity contribution in [3.8, 4) is 0 Å². The summed E-state index contributed by atoms with van der Waals surface area (Å²) in [7, 11) is 0. The van der Waals surface area contributed by atoms with Gasteiger partial charge in [-0.25, -0.2) is 0 Å². The molecule has 1 atom stereocenters. The Morgan fingerprint density at radius 1 is 1.64 bits per heavy atom. The van der Waals surface area contributed by atoms with Gasteiger partial charge in [0.1, 0.15) is 12.4 Å². The van der Waals surface area contributed by atoms with Crippen molar-refractivity contribution in [2.24, 2.45) is 10.7 Å². The first kappa shape index (κ1) is 6.64. The molecule has 1 unspecified atom stereocenters. The zero-order valence-electron chi connectivity index (χ0n) is 6.29. The highest BCUT2D eigenvalue weighted by Gasteiger charge is 2.33. The number of amides is 1. The van der Waals surface area contributed by atoms with Crippen LogP contribution in [0.2, 0.25) is 0 Å². The highest BCUT2D eigenvalue weighted by atomic mass is 16.2. The number of carbonyl (C=O) groups excluding carboxylic acids is 1. The molecule has 60 valence electrons. The normalized spacial score (nSPS) is 30.2. The average Bonchev–Trinajstić information content (AvgIpc) is 2.45. The van der Waals surface area contributed by atoms with Gasteiger partial charge in [0.2, 0.25) is 5.91 Å². The number of hydrogen-bond donors (Lipinski definition) is 1. The van der Waals surface area contributed by atoms with Gasteiger partial charge in [0, 0.05) is 6.54 Å². The van der Waals surface area contributed by atoms with E-state index in [-0.39, 0.29) is 18.5 Å². The van der Waals surface area contributed by atoms with Gasteiger partial charge in [-0.05, 0) is 12.8 Å². The summed E-state index contributed by atoms with van der Waals surface area (Å²) < 4.78 is 0. The third-order valence-electron chi connectivity index (χ3n) is 2.31. The molecule has 0 radical (unpaired) electrons. The molecule has 2 rings (SSSR count). The molecule has 0 spiro atoms. The fourth-order valence-electron chi connectivity index (χ4n) is 1.73. The van der Waals surface area contributed by atoms with Crippen LogP contribution in [0, 0.1) is 0 Å². The number of fused-ring (bicyclic) bond motifs is 1. The van der Waals surface area contributed by atoms with Crippen molar-refractivity contribution < 1.29 is 4.79 Å². The zero-order chi connectivity index (χ0) is 7.84. The first-order valence-corrected chi connectivity index (χ1v) is 3.88. The largest absolute Gasteiger partial charge is 0.386 e. The summed E-state index contributed by atoms with van der Waals surface area (Å²) in [6, 6.07) is 0.122. The Morgan fingerprint density at radius 2 is 2.45 bits per heavy atom. The van der Waals surface area contributed by atoms with Gasteiger partial charge in [0.05, 0.1) is 6.04 Å². The molecule has 1 saturated heterocycles. The Hall–Kier alpha value is -1.06. The quantitative estimate of drug-likeness (QED) is 0.502. The lowest BCUT2D eigenvalue weighted by atomic mass is 10.2. The van der Waals surface area contributed by atoms with Gasteiger partial charge in [-0.2, -0.15) is 0 Å². The van der Waals surface area contributed by atoms with Crippen LogP contribution in [0.5, 0.6) is 0 Å². The van der Waals surface area contributed by atoms with Crippen LogP contribution < -0.4 is 5.73 Å². The first-order chi connectivity index (χ1) is 5.29. The fourth-order valence-corrected chi connectivity index (χ4v) is 1.73. The van der Waals surface area contributed by atoms with E-state index in [1.54, 1.807) is 0 Å². The second-order valence-electron chi connectivity index (χ2n) is 2.99. The maximum atomic E-state index is 11.2. The topological polar surface area (TPSA) is 58.7 Å². The first-order valence-electron chi connectivity index (χ1n) is 3.88. The van der Waals surface area contributed by atoms with Crippen LogP contribution in [0.15, 0.2) is 4.99 Å². The minimum absolute atomic E-state index is 0.122. The standard InChI is InChI=1S/C7H11N3O/c8-7-5-2-1-3-10(5)6(11)4-9-7/h5H,1-4H2,(H2,8,9). The van der Waals surface area contributed by atoms with E-state index in [1.165, 1.54) is 0 Å². The van der Waals surface area contributed by atoms with Crippen molar-refractivity contribution >= 4 is 11.7 Å². The molecular formula is C7H11N3O. The van der Waals surface area contributed by atoms with Gasteiger partial charge in [-0.1, -0.05) is 0 Å². The number of hydrogen-bond acceptors (Lipinski definition) is 3. The summed E-state index contributed by atoms with van der Waals surface area (Å²) in [4.78, 5) is 17.0. The highest BCUT2D eigenvalue weighted by Crippen LogP contribution is 2.19. The predicted octanol–water partition coefficient (Wildman–Crippen LogP) is -0.652. The van der Waals surface area contributed by atoms with E-state index in [1.807, 2.05) is 4.90 Å². The van der Waals surface area contributed by atoms with E-state index in [2.05, 4.69) is 4.99 Å². The van der Waals surface area contributed by atoms with Crippen LogP contribution in [-0.2, 0) is 4.79 Å². The molecule has 4 nitrogen and oxygen atoms in total. The van der Waals surface area contributed by atoms with Crippen LogP contribution in [0.4, 0.5) is 0 Å². The summed E-state index contributed by atoms with van der Waals surface area (Å²) in [5.74, 6) is 0.767. The Morgan fingerprint density at radius 3 is 3.18 bits per heavy atom. The lowest BCUT2D eigenvalue weighted by Crippen LogP contribution is -2.48. The summed E-state index contributed by atoms with van der Waals surface area (Å²) in [5.41, 5.74) is 5.64. The Kier molecular flexibility index (Phi) is 1.34. The van der Waals surface area contributed by atoms with E-state index in [0.29, 0.717) is 5.84 Å². The second-order valence-corrected chi connectivity index (χ2v) is 2.99. The van der Waals surface area contributed by atoms with Gasteiger partial charge in [0.15, 0.2) is 0 Å². The van der Waals surface area contributed by atoms with E-state index in [0.717, 1.165) is 19.4 Å². The molecular weight excluding hydrogens is 142 g/mol. The molecule has 2 aliphatic heterocycles. The molecule has 2 aliphatic rings. The van der Waals surface area contributed by atoms with Crippen LogP contribution in [-0.4, -0.2) is 35.8 Å². The third-order valence-corrected chi connectivity index (χ3v) is 2.31. The Labute approximate surface area is 65.1 Å². The number of amidine groups is 1. The lowest BCUT2D eigenvalue weighted by molar-refractivity contribution is -0.129. The number of nitrogens with zero attached hydrogens (tertiary/aromatic N) is 2. The zero-order valence-corrected chi connectivity index (χ0v) is 6.29. The summed E-state index contributed by atoms with van der Waals surface area (Å²) >= 11 is 0. The van der Waals surface area contributed by atoms with Gasteiger partial charge in [-0.3, -0.25) is 9.79 Å². The van der Waals surface area contributed by atoms with E-state index >= 15 is 0 Å². The van der Waals surface area contributed by atoms with Crippen LogP contribution in [0.3, 0.4) is 0 Å². The van der Waals surface area contributed by atoms with Gasteiger partial charge < -0.3 is 10.6 Å². The van der Waals surface area contributed by atoms with Crippen molar-refractivity contribution in [2.75, 3.05) is 13.1 Å². The van der Waals surface area contributed by atoms with Crippen LogP contribution in [0.25, 0.3) is 0 Å². The Balaban J connectivity index is 2.27. The molecule has 2 N–H and O–H groups in total. The molecule has 2 heterocycles. The molecule has 1 fully saturated rings. The minimum atomic E-state index is 0.122. The SMILES string of the molecule is NC1=NCC(=O)N2CCCC12. The molecule has 4 heteroatoms. The van der Waals surface area contributed by atoms with Gasteiger partial charge in [-0.15, -0.1) is 0 Å². The minimum Gasteiger partial charge on any atom is -0.386 e. The number of rotatable bonds is 0. The summed E-state index contributed by atoms with van der Waals surface area (Å²) in [5, 5.41) is 0. The molecule has 0 aliphatic carbocycles. The summed E-state index contributed by atoms with van der Waals surface area (Å²) in [6.45, 7) is 1.11. The van der Waals surface area contributed by atoms with Crippen molar-refractivity contribution in [1.29, 1.82) is 0 Å². The van der Waals surface area contributed by atoms with E-state index < -0.39 is 0 Å². The monoisotopic (exact) mass is 153 g/mol. The maximum absolute atomic E-state index is 11.2. The number of aliphatic imine (C=N–C) groups is 1. The van der Waals surface area contributed by atoms with Crippen molar-refractivity contribution in [2.45, 2.75) is 18.9 Å². The third kappa shape index (κ3) is 0.895. The smallest absolute Gasteiger partial charge is 0.244 e. The van der Waals surface area contributed by atoms with Crippen LogP contribution in [0.1, 0.15) is 12.8 Å². The van der Waals surface area contributed by atoms with Gasteiger partial charge in [0.25, 0.3) is 0 Å². The predicted molar refractivity (Wildman–Crippen MR) is 41.2 cm³/mol. The van der Waals surface area contributed by atoms with Crippen molar-refractivity contribution in [3.63, 3.8) is 0 Å². The fraction of sp³-hybridized carbons (Fsp3) is 0.714. The van der Waals surface area contributed by atoms with Gasteiger partial charge >= 0.3 is 0 Å². The maximum Gasteiger partial charge on any atom is 0.244 e. The van der Waals surface area contributed by atoms with Crippen molar-refractivity contribution in [1.82, 2.24) is 4.90 Å². The number of carbonyl (C=O) groups is 1. The highest BCUT2D eigenvalue weighted by molar-refractivity contribution is 5.96. The van der Waals surface area contributed by atoms with Crippen LogP contribution >= 0.6 is 0 Å². The average molecular weight is 153 g/mol. The Bertz CT molecular complexity index is 224. The van der Waals surface area contributed by atoms with Crippen molar-refractivity contribution in [3.05, 3.63) is 0 Å². The second kappa shape index (κ2) is 2.22. The molecule has 0 aromatic heterocycles. The molecule has 0 aromatic rings. The molecule has 11 heavy (non-hydrogen) atoms. The molecule has 0 saturated carbocycles. The van der Waals surface area contributed by atoms with E-state index in [4.69, 9.17) is 5.73 Å². The molecule has 0 aromatic carbocycles. The summed E-state index contributed by atoms with van der Waals surface area (Å²) in [6.07, 6.45) is 2.05. The van der Waals surface area contributed by atoms with E-state index in [9.17, 15) is 4.79 Å². The molecule has 1 amide bonds. The molecule has 0 bridgehead atoms. The lowest BCUT2D eigenvalue weighted by Gasteiger charge is -2.27.